The van der Waals surface area contributed by atoms with E-state index in [0.29, 0.717) is 0 Å². The number of aromatic amines is 1. The van der Waals surface area contributed by atoms with Gasteiger partial charge < -0.3 is 4.98 Å². The van der Waals surface area contributed by atoms with Gasteiger partial charge in [0.05, 0.1) is 0 Å². The number of aryl methyl sites for hydroxylation is 2. The molecule has 3 rings (SSSR count). The van der Waals surface area contributed by atoms with Gasteiger partial charge in [-0.2, -0.15) is 0 Å². The molecule has 1 atom stereocenters. The number of aromatic nitrogens is 1. The van der Waals surface area contributed by atoms with Gasteiger partial charge >= 0.3 is 0 Å². The smallest absolute Gasteiger partial charge is 0.0464 e. The second-order valence-corrected chi connectivity index (χ2v) is 12.1. The molecule has 1 heterocycles. The summed E-state index contributed by atoms with van der Waals surface area (Å²) in [5.41, 5.74) is 6.50. The largest absolute Gasteiger partial charge is 0.355 e. The maximum absolute atomic E-state index is 3.56. The van der Waals surface area contributed by atoms with Crippen LogP contribution in [0.15, 0.2) is 48.5 Å². The van der Waals surface area contributed by atoms with E-state index in [0.717, 1.165) is 11.8 Å². The van der Waals surface area contributed by atoms with E-state index in [1.54, 1.807) is 0 Å². The van der Waals surface area contributed by atoms with Crippen LogP contribution in [-0.4, -0.2) is 4.98 Å². The van der Waals surface area contributed by atoms with Crippen molar-refractivity contribution in [3.05, 3.63) is 59.7 Å². The number of hydrogen-bond donors (Lipinski definition) is 1. The lowest BCUT2D eigenvalue weighted by molar-refractivity contribution is 0.461. The van der Waals surface area contributed by atoms with E-state index in [1.807, 2.05) is 13.8 Å². The molecule has 0 spiro atoms. The molecule has 2 aromatic carbocycles. The molecule has 0 aliphatic heterocycles. The van der Waals surface area contributed by atoms with Crippen molar-refractivity contribution in [2.45, 2.75) is 167 Å². The van der Waals surface area contributed by atoms with Crippen molar-refractivity contribution in [1.82, 2.24) is 4.98 Å². The normalized spacial score (nSPS) is 10.8. The van der Waals surface area contributed by atoms with Crippen LogP contribution in [0.25, 0.3) is 22.2 Å². The first-order valence-electron chi connectivity index (χ1n) is 17.9. The second-order valence-electron chi connectivity index (χ2n) is 12.1. The number of rotatable bonds is 13. The SMILES string of the molecule is CC.CCCC.CCCC.CCCC(C)CCCCc1cccc(-c2cc3cc(C)ccc3[nH]2)c1.CCCCC(C)C. The molecule has 1 nitrogen and oxygen atoms in total. The Morgan fingerprint density at radius 1 is 0.619 bits per heavy atom. The van der Waals surface area contributed by atoms with Crippen LogP contribution < -0.4 is 0 Å². The van der Waals surface area contributed by atoms with E-state index >= 15 is 0 Å². The first-order chi connectivity index (χ1) is 20.3. The summed E-state index contributed by atoms with van der Waals surface area (Å²) < 4.78 is 0. The Hall–Kier alpha value is -2.02. The third-order valence-corrected chi connectivity index (χ3v) is 7.34. The summed E-state index contributed by atoms with van der Waals surface area (Å²) in [7, 11) is 0. The molecule has 0 saturated heterocycles. The molecule has 0 amide bonds. The molecule has 1 N–H and O–H groups in total. The van der Waals surface area contributed by atoms with E-state index in [9.17, 15) is 0 Å². The van der Waals surface area contributed by atoms with Crippen molar-refractivity contribution in [3.63, 3.8) is 0 Å². The molecule has 0 saturated carbocycles. The third kappa shape index (κ3) is 21.6. The van der Waals surface area contributed by atoms with Gasteiger partial charge in [0.25, 0.3) is 0 Å². The highest BCUT2D eigenvalue weighted by atomic mass is 14.7. The van der Waals surface area contributed by atoms with Gasteiger partial charge in [0, 0.05) is 16.6 Å². The van der Waals surface area contributed by atoms with E-state index < -0.39 is 0 Å². The molecule has 0 aliphatic rings. The van der Waals surface area contributed by atoms with Crippen LogP contribution >= 0.6 is 0 Å². The van der Waals surface area contributed by atoms with E-state index in [1.165, 1.54) is 117 Å². The lowest BCUT2D eigenvalue weighted by Gasteiger charge is -2.09. The van der Waals surface area contributed by atoms with Gasteiger partial charge in [0.15, 0.2) is 0 Å². The molecule has 242 valence electrons. The first-order valence-corrected chi connectivity index (χ1v) is 17.9. The fraction of sp³-hybridized carbons (Fsp3) is 0.659. The fourth-order valence-electron chi connectivity index (χ4n) is 4.37. The van der Waals surface area contributed by atoms with Crippen LogP contribution in [0, 0.1) is 18.8 Å². The van der Waals surface area contributed by atoms with Gasteiger partial charge in [-0.3, -0.25) is 0 Å². The molecule has 0 radical (unpaired) electrons. The number of H-pyrrole nitrogens is 1. The van der Waals surface area contributed by atoms with Gasteiger partial charge in [-0.15, -0.1) is 0 Å². The zero-order valence-electron chi connectivity index (χ0n) is 30.5. The monoisotopic (exact) mass is 580 g/mol. The summed E-state index contributed by atoms with van der Waals surface area (Å²) >= 11 is 0. The Kier molecular flexibility index (Phi) is 29.1. The van der Waals surface area contributed by atoms with E-state index in [2.05, 4.69) is 123 Å². The van der Waals surface area contributed by atoms with Gasteiger partial charge in [-0.25, -0.2) is 0 Å². The zero-order chi connectivity index (χ0) is 32.2. The Morgan fingerprint density at radius 2 is 1.26 bits per heavy atom. The maximum atomic E-state index is 3.56. The van der Waals surface area contributed by atoms with Gasteiger partial charge in [-0.1, -0.05) is 177 Å². The summed E-state index contributed by atoms with van der Waals surface area (Å²) in [5, 5.41) is 1.30. The first kappa shape index (κ1) is 42.1. The Morgan fingerprint density at radius 3 is 1.79 bits per heavy atom. The molecular formula is C41H73N. The summed E-state index contributed by atoms with van der Waals surface area (Å²) in [6.07, 6.45) is 17.3. The lowest BCUT2D eigenvalue weighted by Crippen LogP contribution is -1.95. The van der Waals surface area contributed by atoms with Crippen LogP contribution in [0.3, 0.4) is 0 Å². The highest BCUT2D eigenvalue weighted by Gasteiger charge is 2.05. The highest BCUT2D eigenvalue weighted by Crippen LogP contribution is 2.26. The molecule has 0 fully saturated rings. The van der Waals surface area contributed by atoms with Crippen molar-refractivity contribution in [3.8, 4) is 11.3 Å². The van der Waals surface area contributed by atoms with Crippen LogP contribution in [0.1, 0.15) is 164 Å². The number of hydrogen-bond acceptors (Lipinski definition) is 0. The van der Waals surface area contributed by atoms with Crippen molar-refractivity contribution in [2.75, 3.05) is 0 Å². The Labute approximate surface area is 264 Å². The molecule has 0 bridgehead atoms. The number of unbranched alkanes of at least 4 members (excludes halogenated alkanes) is 4. The van der Waals surface area contributed by atoms with Crippen molar-refractivity contribution >= 4 is 10.9 Å². The van der Waals surface area contributed by atoms with Gasteiger partial charge in [0.1, 0.15) is 0 Å². The molecule has 1 aromatic heterocycles. The van der Waals surface area contributed by atoms with Crippen molar-refractivity contribution in [1.29, 1.82) is 0 Å². The summed E-state index contributed by atoms with van der Waals surface area (Å²) in [4.78, 5) is 3.56. The Balaban J connectivity index is 0. The lowest BCUT2D eigenvalue weighted by atomic mass is 9.97. The van der Waals surface area contributed by atoms with Crippen molar-refractivity contribution < 1.29 is 0 Å². The van der Waals surface area contributed by atoms with Crippen LogP contribution in [0.2, 0.25) is 0 Å². The Bertz CT molecular complexity index is 956. The predicted molar refractivity (Wildman–Crippen MR) is 197 cm³/mol. The molecule has 1 unspecified atom stereocenters. The average Bonchev–Trinajstić information content (AvgIpc) is 3.43. The standard InChI is InChI=1S/C24H31N.C7H16.2C4H10.C2H6/c1-4-8-18(2)9-5-6-10-20-11-7-12-21(16-20)24-17-22-15-19(3)13-14-23(22)25-24;1-4-5-6-7(2)3;2*1-3-4-2;1-2/h7,11-18,25H,4-6,8-10H2,1-3H3;7H,4-6H2,1-3H3;2*3-4H2,1-2H3;1-2H3. The summed E-state index contributed by atoms with van der Waals surface area (Å²) in [6, 6.07) is 17.9. The van der Waals surface area contributed by atoms with E-state index in [4.69, 9.17) is 0 Å². The van der Waals surface area contributed by atoms with Crippen LogP contribution in [-0.2, 0) is 6.42 Å². The molecule has 1 heteroatoms. The molecule has 3 aromatic rings. The molecular weight excluding hydrogens is 506 g/mol. The van der Waals surface area contributed by atoms with Crippen LogP contribution in [0.4, 0.5) is 0 Å². The van der Waals surface area contributed by atoms with Crippen molar-refractivity contribution in [2.24, 2.45) is 11.8 Å². The molecule has 0 aliphatic carbocycles. The minimum absolute atomic E-state index is 0.881. The maximum Gasteiger partial charge on any atom is 0.0464 e. The fourth-order valence-corrected chi connectivity index (χ4v) is 4.37. The summed E-state index contributed by atoms with van der Waals surface area (Å²) in [6.45, 7) is 26.3. The molecule has 42 heavy (non-hydrogen) atoms. The van der Waals surface area contributed by atoms with Gasteiger partial charge in [-0.05, 0) is 67.0 Å². The predicted octanol–water partition coefficient (Wildman–Crippen LogP) is 14.8. The summed E-state index contributed by atoms with van der Waals surface area (Å²) in [5.74, 6) is 1.78. The highest BCUT2D eigenvalue weighted by molar-refractivity contribution is 5.86. The average molecular weight is 580 g/mol. The number of fused-ring (bicyclic) bond motifs is 1. The zero-order valence-corrected chi connectivity index (χ0v) is 30.5. The number of nitrogens with one attached hydrogen (secondary N) is 1. The van der Waals surface area contributed by atoms with Crippen LogP contribution in [0.5, 0.6) is 0 Å². The van der Waals surface area contributed by atoms with Gasteiger partial charge in [0.2, 0.25) is 0 Å². The minimum atomic E-state index is 0.881. The number of benzene rings is 2. The van der Waals surface area contributed by atoms with E-state index in [-0.39, 0.29) is 0 Å². The third-order valence-electron chi connectivity index (χ3n) is 7.34. The minimum Gasteiger partial charge on any atom is -0.355 e. The topological polar surface area (TPSA) is 15.8 Å². The quantitative estimate of drug-likeness (QED) is 0.194. The second kappa shape index (κ2) is 29.1.